The molecule has 0 saturated heterocycles. The molecule has 0 radical (unpaired) electrons. The van der Waals surface area contributed by atoms with E-state index in [4.69, 9.17) is 9.84 Å². The molecule has 5 heteroatoms. The summed E-state index contributed by atoms with van der Waals surface area (Å²) >= 11 is 0. The van der Waals surface area contributed by atoms with Crippen LogP contribution in [-0.4, -0.2) is 27.7 Å². The Labute approximate surface area is 101 Å². The van der Waals surface area contributed by atoms with Gasteiger partial charge in [-0.15, -0.1) is 0 Å². The Morgan fingerprint density at radius 2 is 1.88 bits per heavy atom. The molecule has 1 rings (SSSR count). The molecule has 0 saturated carbocycles. The second-order valence-electron chi connectivity index (χ2n) is 3.92. The number of aliphatic carboxylic acids is 1. The van der Waals surface area contributed by atoms with Gasteiger partial charge in [0.15, 0.2) is 5.82 Å². The van der Waals surface area contributed by atoms with E-state index in [-0.39, 0.29) is 0 Å². The number of hydrogen-bond acceptors (Lipinski definition) is 4. The first kappa shape index (κ1) is 13.6. The summed E-state index contributed by atoms with van der Waals surface area (Å²) in [4.78, 5) is 19.5. The topological polar surface area (TPSA) is 72.3 Å². The van der Waals surface area contributed by atoms with Crippen LogP contribution in [0.3, 0.4) is 0 Å². The van der Waals surface area contributed by atoms with Crippen LogP contribution >= 0.6 is 0 Å². The highest BCUT2D eigenvalue weighted by atomic mass is 16.5. The first-order valence-electron chi connectivity index (χ1n) is 5.61. The summed E-state index contributed by atoms with van der Waals surface area (Å²) in [5.74, 6) is -0.850. The van der Waals surface area contributed by atoms with E-state index in [9.17, 15) is 4.79 Å². The Bertz CT molecular complexity index is 395. The van der Waals surface area contributed by atoms with Crippen LogP contribution in [0.4, 0.5) is 0 Å². The first-order valence-corrected chi connectivity index (χ1v) is 5.61. The Hall–Kier alpha value is -1.49. The fourth-order valence-corrected chi connectivity index (χ4v) is 1.80. The molecule has 1 atom stereocenters. The van der Waals surface area contributed by atoms with E-state index in [1.165, 1.54) is 0 Å². The molecule has 1 N–H and O–H groups in total. The molecule has 0 spiro atoms. The quantitative estimate of drug-likeness (QED) is 0.847. The second-order valence-corrected chi connectivity index (χ2v) is 3.92. The summed E-state index contributed by atoms with van der Waals surface area (Å²) in [6.45, 7) is 8.12. The number of hydrogen-bond donors (Lipinski definition) is 1. The lowest BCUT2D eigenvalue weighted by molar-refractivity contribution is -0.138. The first-order chi connectivity index (χ1) is 7.97. The standard InChI is InChI=1S/C12H18N2O3/c1-5-17-6-10-13-8(3)11(9(4)14-10)7(2)12(15)16/h7H,5-6H2,1-4H3,(H,15,16). The van der Waals surface area contributed by atoms with E-state index in [1.54, 1.807) is 20.8 Å². The number of aromatic nitrogens is 2. The van der Waals surface area contributed by atoms with E-state index in [1.807, 2.05) is 6.92 Å². The van der Waals surface area contributed by atoms with E-state index >= 15 is 0 Å². The molecule has 1 unspecified atom stereocenters. The van der Waals surface area contributed by atoms with Crippen molar-refractivity contribution in [3.05, 3.63) is 22.8 Å². The highest BCUT2D eigenvalue weighted by Crippen LogP contribution is 2.21. The summed E-state index contributed by atoms with van der Waals surface area (Å²) < 4.78 is 5.24. The van der Waals surface area contributed by atoms with Gasteiger partial charge in [-0.05, 0) is 27.7 Å². The van der Waals surface area contributed by atoms with Gasteiger partial charge in [-0.3, -0.25) is 4.79 Å². The van der Waals surface area contributed by atoms with Crippen molar-refractivity contribution in [2.75, 3.05) is 6.61 Å². The van der Waals surface area contributed by atoms with Gasteiger partial charge >= 0.3 is 5.97 Å². The van der Waals surface area contributed by atoms with Crippen molar-refractivity contribution in [3.8, 4) is 0 Å². The van der Waals surface area contributed by atoms with Crippen molar-refractivity contribution >= 4 is 5.97 Å². The smallest absolute Gasteiger partial charge is 0.310 e. The zero-order chi connectivity index (χ0) is 13.0. The number of carboxylic acid groups (broad SMARTS) is 1. The van der Waals surface area contributed by atoms with Crippen molar-refractivity contribution in [1.82, 2.24) is 9.97 Å². The Kier molecular flexibility index (Phi) is 4.57. The van der Waals surface area contributed by atoms with Crippen LogP contribution < -0.4 is 0 Å². The minimum absolute atomic E-state index is 0.361. The molecule has 0 aliphatic rings. The van der Waals surface area contributed by atoms with E-state index in [0.717, 1.165) is 0 Å². The summed E-state index contributed by atoms with van der Waals surface area (Å²) in [5.41, 5.74) is 2.11. The van der Waals surface area contributed by atoms with Gasteiger partial charge in [-0.1, -0.05) is 0 Å². The number of carboxylic acids is 1. The largest absolute Gasteiger partial charge is 0.481 e. The summed E-state index contributed by atoms with van der Waals surface area (Å²) in [7, 11) is 0. The van der Waals surface area contributed by atoms with Crippen molar-refractivity contribution < 1.29 is 14.6 Å². The summed E-state index contributed by atoms with van der Waals surface area (Å²) in [6, 6.07) is 0. The normalized spacial score (nSPS) is 12.5. The van der Waals surface area contributed by atoms with Crippen molar-refractivity contribution in [2.24, 2.45) is 0 Å². The Balaban J connectivity index is 3.06. The molecule has 0 aliphatic carbocycles. The number of nitrogens with zero attached hydrogens (tertiary/aromatic N) is 2. The van der Waals surface area contributed by atoms with Crippen LogP contribution in [0.25, 0.3) is 0 Å². The SMILES string of the molecule is CCOCc1nc(C)c(C(C)C(=O)O)c(C)n1. The lowest BCUT2D eigenvalue weighted by Gasteiger charge is -2.13. The molecule has 0 bridgehead atoms. The minimum Gasteiger partial charge on any atom is -0.481 e. The van der Waals surface area contributed by atoms with E-state index in [2.05, 4.69) is 9.97 Å². The summed E-state index contributed by atoms with van der Waals surface area (Å²) in [5, 5.41) is 9.01. The zero-order valence-electron chi connectivity index (χ0n) is 10.6. The van der Waals surface area contributed by atoms with Crippen molar-refractivity contribution in [2.45, 2.75) is 40.2 Å². The van der Waals surface area contributed by atoms with Gasteiger partial charge in [0.05, 0.1) is 5.92 Å². The molecule has 0 fully saturated rings. The third-order valence-electron chi connectivity index (χ3n) is 2.61. The van der Waals surface area contributed by atoms with Crippen molar-refractivity contribution in [3.63, 3.8) is 0 Å². The van der Waals surface area contributed by atoms with Gasteiger partial charge in [-0.2, -0.15) is 0 Å². The minimum atomic E-state index is -0.864. The average Bonchev–Trinajstić information content (AvgIpc) is 2.25. The van der Waals surface area contributed by atoms with Gasteiger partial charge in [0.25, 0.3) is 0 Å². The third kappa shape index (κ3) is 3.23. The van der Waals surface area contributed by atoms with Gasteiger partial charge in [-0.25, -0.2) is 9.97 Å². The molecule has 1 aromatic heterocycles. The van der Waals surface area contributed by atoms with Gasteiger partial charge in [0.1, 0.15) is 6.61 Å². The number of rotatable bonds is 5. The van der Waals surface area contributed by atoms with Gasteiger partial charge < -0.3 is 9.84 Å². The van der Waals surface area contributed by atoms with Crippen LogP contribution in [0.15, 0.2) is 0 Å². The predicted molar refractivity (Wildman–Crippen MR) is 62.9 cm³/mol. The molecular weight excluding hydrogens is 220 g/mol. The van der Waals surface area contributed by atoms with Crippen LogP contribution in [-0.2, 0) is 16.1 Å². The lowest BCUT2D eigenvalue weighted by atomic mass is 9.98. The number of aryl methyl sites for hydroxylation is 2. The molecule has 5 nitrogen and oxygen atoms in total. The maximum absolute atomic E-state index is 11.0. The van der Waals surface area contributed by atoms with Gasteiger partial charge in [0.2, 0.25) is 0 Å². The average molecular weight is 238 g/mol. The highest BCUT2D eigenvalue weighted by Gasteiger charge is 2.20. The fourth-order valence-electron chi connectivity index (χ4n) is 1.80. The summed E-state index contributed by atoms with van der Waals surface area (Å²) in [6.07, 6.45) is 0. The molecule has 1 aromatic rings. The third-order valence-corrected chi connectivity index (χ3v) is 2.61. The molecule has 94 valence electrons. The predicted octanol–water partition coefficient (Wildman–Crippen LogP) is 1.82. The van der Waals surface area contributed by atoms with Crippen LogP contribution in [0.5, 0.6) is 0 Å². The maximum Gasteiger partial charge on any atom is 0.310 e. The van der Waals surface area contributed by atoms with Gasteiger partial charge in [0, 0.05) is 23.6 Å². The monoisotopic (exact) mass is 238 g/mol. The van der Waals surface area contributed by atoms with Crippen LogP contribution in [0.2, 0.25) is 0 Å². The second kappa shape index (κ2) is 5.72. The number of ether oxygens (including phenoxy) is 1. The molecule has 0 amide bonds. The van der Waals surface area contributed by atoms with Crippen LogP contribution in [0.1, 0.15) is 42.5 Å². The van der Waals surface area contributed by atoms with E-state index in [0.29, 0.717) is 36.0 Å². The number of carbonyl (C=O) groups is 1. The fraction of sp³-hybridized carbons (Fsp3) is 0.583. The molecule has 1 heterocycles. The molecular formula is C12H18N2O3. The molecule has 0 aliphatic heterocycles. The maximum atomic E-state index is 11.0. The molecule has 0 aromatic carbocycles. The molecule has 17 heavy (non-hydrogen) atoms. The zero-order valence-corrected chi connectivity index (χ0v) is 10.6. The van der Waals surface area contributed by atoms with Crippen LogP contribution in [0, 0.1) is 13.8 Å². The Morgan fingerprint density at radius 1 is 1.35 bits per heavy atom. The van der Waals surface area contributed by atoms with Crippen molar-refractivity contribution in [1.29, 1.82) is 0 Å². The lowest BCUT2D eigenvalue weighted by Crippen LogP contribution is -2.14. The Morgan fingerprint density at radius 3 is 2.29 bits per heavy atom. The van der Waals surface area contributed by atoms with E-state index < -0.39 is 11.9 Å². The highest BCUT2D eigenvalue weighted by molar-refractivity contribution is 5.76.